The number of aliphatic hydroxyl groups is 2. The number of ether oxygens (including phenoxy) is 2. The van der Waals surface area contributed by atoms with E-state index in [1.807, 2.05) is 0 Å². The second-order valence-electron chi connectivity index (χ2n) is 4.88. The monoisotopic (exact) mass is 284 g/mol. The average Bonchev–Trinajstić information content (AvgIpc) is 2.86. The molecule has 0 spiro atoms. The van der Waals surface area contributed by atoms with Crippen molar-refractivity contribution in [3.8, 4) is 0 Å². The van der Waals surface area contributed by atoms with E-state index in [9.17, 15) is 15.0 Å². The van der Waals surface area contributed by atoms with E-state index in [1.54, 1.807) is 7.05 Å². The largest absolute Gasteiger partial charge is 0.393 e. The van der Waals surface area contributed by atoms with Gasteiger partial charge in [-0.3, -0.25) is 9.88 Å². The molecule has 9 nitrogen and oxygen atoms in total. The van der Waals surface area contributed by atoms with Gasteiger partial charge in [-0.15, -0.1) is 0 Å². The molecule has 2 fully saturated rings. The number of aliphatic hydroxyl groups excluding tert-OH is 2. The maximum atomic E-state index is 11.8. The first kappa shape index (κ1) is 13.5. The van der Waals surface area contributed by atoms with E-state index < -0.39 is 42.6 Å². The Bertz CT molecular complexity index is 578. The summed E-state index contributed by atoms with van der Waals surface area (Å²) >= 11 is 0. The average molecular weight is 284 g/mol. The minimum absolute atomic E-state index is 0.0980. The van der Waals surface area contributed by atoms with Gasteiger partial charge in [0.2, 0.25) is 0 Å². The number of nitrogen functional groups attached to an aromatic ring is 1. The Labute approximate surface area is 113 Å². The molecule has 2 aliphatic heterocycles. The predicted octanol–water partition coefficient (Wildman–Crippen LogP) is -2.61. The minimum Gasteiger partial charge on any atom is -0.393 e. The first-order valence-electron chi connectivity index (χ1n) is 6.17. The lowest BCUT2D eigenvalue weighted by Crippen LogP contribution is -2.56. The minimum atomic E-state index is -1.30. The summed E-state index contributed by atoms with van der Waals surface area (Å²) in [5, 5.41) is 22.6. The Morgan fingerprint density at radius 3 is 3.00 bits per heavy atom. The lowest BCUT2D eigenvalue weighted by molar-refractivity contribution is -0.230. The van der Waals surface area contributed by atoms with Crippen molar-refractivity contribution in [2.75, 3.05) is 19.4 Å². The Kier molecular flexibility index (Phi) is 3.03. The maximum Gasteiger partial charge on any atom is 0.351 e. The van der Waals surface area contributed by atoms with Gasteiger partial charge >= 0.3 is 5.69 Å². The normalized spacial score (nSPS) is 39.4. The smallest absolute Gasteiger partial charge is 0.351 e. The van der Waals surface area contributed by atoms with Crippen LogP contribution in [0.2, 0.25) is 0 Å². The van der Waals surface area contributed by atoms with Crippen LogP contribution in [0.1, 0.15) is 6.23 Å². The van der Waals surface area contributed by atoms with Crippen LogP contribution in [0.5, 0.6) is 0 Å². The Balaban J connectivity index is 1.98. The van der Waals surface area contributed by atoms with Crippen molar-refractivity contribution in [3.63, 3.8) is 0 Å². The fourth-order valence-corrected chi connectivity index (χ4v) is 2.79. The second-order valence-corrected chi connectivity index (χ2v) is 4.88. The van der Waals surface area contributed by atoms with E-state index in [1.165, 1.54) is 16.8 Å². The SMILES string of the molecule is CNC1O[C@H]2[C@H](n3ccc(N)nc3=O)O[C@]1(CO)[C@H]2O. The van der Waals surface area contributed by atoms with E-state index in [-0.39, 0.29) is 5.82 Å². The van der Waals surface area contributed by atoms with Gasteiger partial charge in [0, 0.05) is 6.20 Å². The number of anilines is 1. The summed E-state index contributed by atoms with van der Waals surface area (Å²) in [6, 6.07) is 1.45. The molecule has 0 radical (unpaired) electrons. The highest BCUT2D eigenvalue weighted by molar-refractivity contribution is 5.24. The zero-order valence-corrected chi connectivity index (χ0v) is 10.8. The molecule has 2 saturated heterocycles. The number of fused-ring (bicyclic) bond motifs is 2. The zero-order valence-electron chi connectivity index (χ0n) is 10.8. The van der Waals surface area contributed by atoms with Crippen molar-refractivity contribution in [2.24, 2.45) is 0 Å². The van der Waals surface area contributed by atoms with E-state index >= 15 is 0 Å². The van der Waals surface area contributed by atoms with Gasteiger partial charge in [-0.1, -0.05) is 0 Å². The lowest BCUT2D eigenvalue weighted by atomic mass is 9.98. The van der Waals surface area contributed by atoms with Gasteiger partial charge < -0.3 is 25.4 Å². The van der Waals surface area contributed by atoms with Crippen LogP contribution in [0.3, 0.4) is 0 Å². The van der Waals surface area contributed by atoms with Crippen molar-refractivity contribution in [3.05, 3.63) is 22.7 Å². The molecule has 9 heteroatoms. The molecule has 0 saturated carbocycles. The Hall–Kier alpha value is -1.52. The van der Waals surface area contributed by atoms with Gasteiger partial charge in [0.25, 0.3) is 0 Å². The van der Waals surface area contributed by atoms with Gasteiger partial charge in [-0.2, -0.15) is 4.98 Å². The van der Waals surface area contributed by atoms with Crippen LogP contribution < -0.4 is 16.7 Å². The molecular weight excluding hydrogens is 268 g/mol. The summed E-state index contributed by atoms with van der Waals surface area (Å²) in [5.74, 6) is 0.0980. The molecule has 3 heterocycles. The summed E-state index contributed by atoms with van der Waals surface area (Å²) in [4.78, 5) is 15.4. The number of aromatic nitrogens is 2. The highest BCUT2D eigenvalue weighted by Crippen LogP contribution is 2.47. The second kappa shape index (κ2) is 4.50. The van der Waals surface area contributed by atoms with Gasteiger partial charge in [0.05, 0.1) is 6.61 Å². The van der Waals surface area contributed by atoms with Gasteiger partial charge in [0.1, 0.15) is 24.3 Å². The summed E-state index contributed by atoms with van der Waals surface area (Å²) in [6.45, 7) is -0.441. The molecule has 20 heavy (non-hydrogen) atoms. The van der Waals surface area contributed by atoms with Crippen LogP contribution in [-0.2, 0) is 9.47 Å². The van der Waals surface area contributed by atoms with E-state index in [2.05, 4.69) is 10.3 Å². The summed E-state index contributed by atoms with van der Waals surface area (Å²) in [5.41, 5.74) is 3.52. The topological polar surface area (TPSA) is 132 Å². The van der Waals surface area contributed by atoms with Gasteiger partial charge in [-0.25, -0.2) is 4.79 Å². The third-order valence-electron chi connectivity index (χ3n) is 3.81. The fraction of sp³-hybridized carbons (Fsp3) is 0.636. The highest BCUT2D eigenvalue weighted by Gasteiger charge is 2.66. The number of nitrogens with one attached hydrogen (secondary N) is 1. The van der Waals surface area contributed by atoms with Crippen molar-refractivity contribution >= 4 is 5.82 Å². The number of nitrogens with two attached hydrogens (primary N) is 1. The van der Waals surface area contributed by atoms with Crippen molar-refractivity contribution in [1.82, 2.24) is 14.9 Å². The maximum absolute atomic E-state index is 11.8. The summed E-state index contributed by atoms with van der Waals surface area (Å²) in [7, 11) is 1.63. The molecule has 1 aromatic heterocycles. The van der Waals surface area contributed by atoms with Crippen LogP contribution in [0, 0.1) is 0 Å². The number of hydrogen-bond donors (Lipinski definition) is 4. The quantitative estimate of drug-likeness (QED) is 0.475. The fourth-order valence-electron chi connectivity index (χ4n) is 2.79. The molecule has 1 aromatic rings. The number of hydrogen-bond acceptors (Lipinski definition) is 8. The molecule has 5 atom stereocenters. The first-order valence-corrected chi connectivity index (χ1v) is 6.17. The first-order chi connectivity index (χ1) is 9.53. The third-order valence-corrected chi connectivity index (χ3v) is 3.81. The molecule has 5 N–H and O–H groups in total. The Morgan fingerprint density at radius 1 is 1.65 bits per heavy atom. The molecular formula is C11H16N4O5. The molecule has 110 valence electrons. The van der Waals surface area contributed by atoms with Crippen LogP contribution in [0.15, 0.2) is 17.1 Å². The summed E-state index contributed by atoms with van der Waals surface area (Å²) < 4.78 is 12.5. The van der Waals surface area contributed by atoms with Gasteiger partial charge in [0.15, 0.2) is 11.8 Å². The number of rotatable bonds is 3. The molecule has 2 aliphatic rings. The van der Waals surface area contributed by atoms with E-state index in [4.69, 9.17) is 15.2 Å². The lowest BCUT2D eigenvalue weighted by Gasteiger charge is -2.36. The van der Waals surface area contributed by atoms with Crippen LogP contribution >= 0.6 is 0 Å². The third kappa shape index (κ3) is 1.61. The standard InChI is InChI=1S/C11H16N4O5/c1-13-9-11(4-16)7(17)6(19-9)8(20-11)15-3-2-5(12)14-10(15)18/h2-3,6-9,13,16-17H,4H2,1H3,(H2,12,14,18)/t6-,7+,8-,9?,11-/m1/s1. The van der Waals surface area contributed by atoms with Gasteiger partial charge in [-0.05, 0) is 13.1 Å². The van der Waals surface area contributed by atoms with Crippen LogP contribution in [-0.4, -0.2) is 57.5 Å². The molecule has 3 rings (SSSR count). The predicted molar refractivity (Wildman–Crippen MR) is 66.6 cm³/mol. The van der Waals surface area contributed by atoms with Crippen molar-refractivity contribution in [2.45, 2.75) is 30.3 Å². The van der Waals surface area contributed by atoms with Crippen molar-refractivity contribution in [1.29, 1.82) is 0 Å². The summed E-state index contributed by atoms with van der Waals surface area (Å²) in [6.07, 6.45) is -1.92. The molecule has 0 amide bonds. The molecule has 2 bridgehead atoms. The molecule has 1 unspecified atom stereocenters. The molecule has 0 aromatic carbocycles. The van der Waals surface area contributed by atoms with Crippen LogP contribution in [0.4, 0.5) is 5.82 Å². The molecule has 0 aliphatic carbocycles. The van der Waals surface area contributed by atoms with E-state index in [0.717, 1.165) is 0 Å². The van der Waals surface area contributed by atoms with Crippen molar-refractivity contribution < 1.29 is 19.7 Å². The number of likely N-dealkylation sites (N-methyl/N-ethyl adjacent to an activating group) is 1. The zero-order chi connectivity index (χ0) is 14.5. The van der Waals surface area contributed by atoms with E-state index in [0.29, 0.717) is 0 Å². The highest BCUT2D eigenvalue weighted by atomic mass is 16.7. The number of nitrogens with zero attached hydrogens (tertiary/aromatic N) is 2. The Morgan fingerprint density at radius 2 is 2.40 bits per heavy atom. The van der Waals surface area contributed by atoms with Crippen LogP contribution in [0.25, 0.3) is 0 Å².